The van der Waals surface area contributed by atoms with Crippen LogP contribution in [0.5, 0.6) is 0 Å². The molecule has 0 spiro atoms. The van der Waals surface area contributed by atoms with E-state index in [1.54, 1.807) is 6.08 Å². The molecule has 1 N–H and O–H groups in total. The van der Waals surface area contributed by atoms with Crippen molar-refractivity contribution in [2.45, 2.75) is 47.0 Å². The summed E-state index contributed by atoms with van der Waals surface area (Å²) in [6, 6.07) is 7.75. The van der Waals surface area contributed by atoms with Gasteiger partial charge in [-0.1, -0.05) is 50.3 Å². The highest BCUT2D eigenvalue weighted by molar-refractivity contribution is 7.80. The molecule has 0 saturated heterocycles. The molecule has 0 bridgehead atoms. The van der Waals surface area contributed by atoms with E-state index in [-0.39, 0.29) is 23.0 Å². The first-order valence-corrected chi connectivity index (χ1v) is 8.65. The smallest absolute Gasteiger partial charge is 0.209 e. The third-order valence-corrected chi connectivity index (χ3v) is 4.11. The highest BCUT2D eigenvalue weighted by Crippen LogP contribution is 2.20. The molecule has 1 atom stereocenters. The second-order valence-corrected chi connectivity index (χ2v) is 6.68. The number of hydrogen-bond acceptors (Lipinski definition) is 4. The zero-order chi connectivity index (χ0) is 18.3. The Morgan fingerprint density at radius 1 is 1.17 bits per heavy atom. The maximum atomic E-state index is 12.8. The van der Waals surface area contributed by atoms with E-state index in [2.05, 4.69) is 6.92 Å². The number of hydrogen-bond donors (Lipinski definition) is 1. The summed E-state index contributed by atoms with van der Waals surface area (Å²) in [5, 5.41) is 7.63. The number of rotatable bonds is 9. The van der Waals surface area contributed by atoms with Gasteiger partial charge in [0.2, 0.25) is 5.78 Å². The van der Waals surface area contributed by atoms with Crippen LogP contribution < -0.4 is 0 Å². The summed E-state index contributed by atoms with van der Waals surface area (Å²) >= 11 is 5.12. The Hall–Kier alpha value is -1.94. The van der Waals surface area contributed by atoms with Gasteiger partial charge in [0.05, 0.1) is 11.3 Å². The highest BCUT2D eigenvalue weighted by atomic mass is 32.1. The summed E-state index contributed by atoms with van der Waals surface area (Å²) in [4.78, 5) is 26.0. The molecule has 0 radical (unpaired) electrons. The molecule has 0 fully saturated rings. The molecule has 0 saturated carbocycles. The van der Waals surface area contributed by atoms with Gasteiger partial charge in [-0.25, -0.2) is 0 Å². The minimum atomic E-state index is -0.514. The van der Waals surface area contributed by atoms with Crippen molar-refractivity contribution in [2.75, 3.05) is 0 Å². The molecule has 1 aromatic carbocycles. The van der Waals surface area contributed by atoms with Crippen molar-refractivity contribution in [1.82, 2.24) is 0 Å². The van der Waals surface area contributed by atoms with E-state index in [1.165, 1.54) is 12.5 Å². The largest absolute Gasteiger partial charge is 0.302 e. The summed E-state index contributed by atoms with van der Waals surface area (Å²) < 4.78 is 0. The first-order chi connectivity index (χ1) is 11.3. The third kappa shape index (κ3) is 5.60. The Morgan fingerprint density at radius 3 is 2.17 bits per heavy atom. The maximum absolute atomic E-state index is 12.8. The number of benzene rings is 1. The summed E-state index contributed by atoms with van der Waals surface area (Å²) in [7, 11) is 0. The molecule has 1 rings (SSSR count). The van der Waals surface area contributed by atoms with Crippen LogP contribution in [-0.2, 0) is 16.0 Å². The topological polar surface area (TPSA) is 58.0 Å². The number of allylic oxidation sites excluding steroid dienone is 1. The second-order valence-electron chi connectivity index (χ2n) is 5.98. The quantitative estimate of drug-likeness (QED) is 0.234. The van der Waals surface area contributed by atoms with E-state index < -0.39 is 5.78 Å². The lowest BCUT2D eigenvalue weighted by atomic mass is 9.87. The van der Waals surface area contributed by atoms with Gasteiger partial charge in [-0.15, -0.1) is 0 Å². The van der Waals surface area contributed by atoms with Crippen molar-refractivity contribution >= 4 is 40.4 Å². The molecule has 24 heavy (non-hydrogen) atoms. The first kappa shape index (κ1) is 20.1. The van der Waals surface area contributed by atoms with E-state index in [4.69, 9.17) is 17.6 Å². The molecule has 4 heteroatoms. The van der Waals surface area contributed by atoms with Crippen LogP contribution in [-0.4, -0.2) is 22.1 Å². The lowest BCUT2D eigenvalue weighted by molar-refractivity contribution is -0.121. The maximum Gasteiger partial charge on any atom is 0.209 e. The van der Waals surface area contributed by atoms with Crippen LogP contribution in [0.15, 0.2) is 29.8 Å². The minimum absolute atomic E-state index is 0.0786. The molecule has 0 amide bonds. The number of Topliss-reactive ketones (excluding diaryl/α,β-unsaturated/α-hetero) is 2. The number of thiocarbonyl (C=S) groups is 1. The Kier molecular flexibility index (Phi) is 7.86. The predicted octanol–water partition coefficient (Wildman–Crippen LogP) is 4.62. The van der Waals surface area contributed by atoms with Gasteiger partial charge in [0.25, 0.3) is 0 Å². The van der Waals surface area contributed by atoms with Gasteiger partial charge in [-0.2, -0.15) is 0 Å². The molecule has 0 aromatic heterocycles. The minimum Gasteiger partial charge on any atom is -0.302 e. The summed E-state index contributed by atoms with van der Waals surface area (Å²) in [5.41, 5.74) is 1.93. The Bertz CT molecular complexity index is 671. The van der Waals surface area contributed by atoms with Crippen LogP contribution in [0.3, 0.4) is 0 Å². The molecule has 0 heterocycles. The van der Waals surface area contributed by atoms with Crippen molar-refractivity contribution in [3.63, 3.8) is 0 Å². The van der Waals surface area contributed by atoms with Gasteiger partial charge in [0.15, 0.2) is 5.78 Å². The Morgan fingerprint density at radius 2 is 1.75 bits per heavy atom. The van der Waals surface area contributed by atoms with Crippen molar-refractivity contribution in [1.29, 1.82) is 5.41 Å². The van der Waals surface area contributed by atoms with Crippen LogP contribution in [0.1, 0.15) is 51.7 Å². The molecule has 0 aliphatic carbocycles. The van der Waals surface area contributed by atoms with Gasteiger partial charge in [0.1, 0.15) is 0 Å². The van der Waals surface area contributed by atoms with Crippen LogP contribution in [0.2, 0.25) is 0 Å². The standard InChI is InChI=1S/C20H25NO2S/c1-5-15-7-9-16(10-8-15)12-18(19(22)14(4)21)20(23)17(6-2)11-13(3)24/h7-10,12,17,21H,5-6,11H2,1-4H3/b18-12+,21-14?. The van der Waals surface area contributed by atoms with Crippen molar-refractivity contribution in [3.05, 3.63) is 41.0 Å². The summed E-state index contributed by atoms with van der Waals surface area (Å²) in [6.45, 7) is 7.20. The van der Waals surface area contributed by atoms with E-state index >= 15 is 0 Å². The number of aryl methyl sites for hydroxylation is 1. The molecule has 3 nitrogen and oxygen atoms in total. The van der Waals surface area contributed by atoms with Crippen LogP contribution in [0.4, 0.5) is 0 Å². The van der Waals surface area contributed by atoms with Crippen LogP contribution in [0, 0.1) is 11.3 Å². The molecule has 128 valence electrons. The summed E-state index contributed by atoms with van der Waals surface area (Å²) in [6.07, 6.45) is 3.63. The second kappa shape index (κ2) is 9.38. The molecule has 0 aliphatic rings. The Balaban J connectivity index is 3.26. The monoisotopic (exact) mass is 343 g/mol. The molecular formula is C20H25NO2S. The lowest BCUT2D eigenvalue weighted by Gasteiger charge is -2.15. The number of ketones is 2. The van der Waals surface area contributed by atoms with Gasteiger partial charge in [-0.3, -0.25) is 9.59 Å². The number of nitrogens with one attached hydrogen (secondary N) is 1. The predicted molar refractivity (Wildman–Crippen MR) is 104 cm³/mol. The van der Waals surface area contributed by atoms with E-state index in [1.807, 2.05) is 38.1 Å². The Labute approximate surface area is 149 Å². The molecule has 0 aliphatic heterocycles. The van der Waals surface area contributed by atoms with Crippen molar-refractivity contribution in [2.24, 2.45) is 5.92 Å². The third-order valence-electron chi connectivity index (χ3n) is 3.95. The zero-order valence-electron chi connectivity index (χ0n) is 14.8. The molecular weight excluding hydrogens is 318 g/mol. The van der Waals surface area contributed by atoms with E-state index in [9.17, 15) is 9.59 Å². The number of carbonyl (C=O) groups excluding carboxylic acids is 2. The van der Waals surface area contributed by atoms with Gasteiger partial charge < -0.3 is 5.41 Å². The molecule has 1 unspecified atom stereocenters. The fourth-order valence-electron chi connectivity index (χ4n) is 2.46. The van der Waals surface area contributed by atoms with Gasteiger partial charge in [-0.05, 0) is 55.2 Å². The van der Waals surface area contributed by atoms with Crippen molar-refractivity contribution < 1.29 is 9.59 Å². The normalized spacial score (nSPS) is 12.6. The SMILES string of the molecule is CCc1ccc(/C=C(\C(=O)C(C)=N)C(=O)C(CC)CC(C)=S)cc1. The fourth-order valence-corrected chi connectivity index (χ4v) is 2.66. The van der Waals surface area contributed by atoms with Crippen LogP contribution in [0.25, 0.3) is 6.08 Å². The first-order valence-electron chi connectivity index (χ1n) is 8.24. The highest BCUT2D eigenvalue weighted by Gasteiger charge is 2.26. The lowest BCUT2D eigenvalue weighted by Crippen LogP contribution is -2.25. The van der Waals surface area contributed by atoms with E-state index in [0.29, 0.717) is 12.8 Å². The van der Waals surface area contributed by atoms with Crippen molar-refractivity contribution in [3.8, 4) is 0 Å². The number of carbonyl (C=O) groups is 2. The average Bonchev–Trinajstić information content (AvgIpc) is 2.56. The van der Waals surface area contributed by atoms with E-state index in [0.717, 1.165) is 16.8 Å². The summed E-state index contributed by atoms with van der Waals surface area (Å²) in [5.74, 6) is -1.05. The van der Waals surface area contributed by atoms with Crippen LogP contribution >= 0.6 is 12.2 Å². The van der Waals surface area contributed by atoms with Gasteiger partial charge >= 0.3 is 0 Å². The molecule has 1 aromatic rings. The average molecular weight is 343 g/mol. The van der Waals surface area contributed by atoms with Gasteiger partial charge in [0, 0.05) is 5.92 Å². The zero-order valence-corrected chi connectivity index (χ0v) is 15.6. The fraction of sp³-hybridized carbons (Fsp3) is 0.400.